The number of ether oxygens (including phenoxy) is 1. The molecule has 1 aliphatic rings. The summed E-state index contributed by atoms with van der Waals surface area (Å²) in [6, 6.07) is 6.46. The fourth-order valence-electron chi connectivity index (χ4n) is 2.22. The van der Waals surface area contributed by atoms with Crippen molar-refractivity contribution in [1.82, 2.24) is 0 Å². The molecular weight excluding hydrogens is 205 g/mol. The first kappa shape index (κ1) is 11.4. The average Bonchev–Trinajstić information content (AvgIpc) is 2.27. The van der Waals surface area contributed by atoms with Gasteiger partial charge in [-0.3, -0.25) is 0 Å². The SMILES string of the molecule is CCC1(C)C(N)CC1Oc1cccc(F)c1. The van der Waals surface area contributed by atoms with Crippen LogP contribution in [0.2, 0.25) is 0 Å². The zero-order valence-corrected chi connectivity index (χ0v) is 9.74. The number of rotatable bonds is 3. The number of hydrogen-bond donors (Lipinski definition) is 1. The molecule has 3 unspecified atom stereocenters. The van der Waals surface area contributed by atoms with Crippen LogP contribution < -0.4 is 10.5 Å². The Balaban J connectivity index is 2.06. The fourth-order valence-corrected chi connectivity index (χ4v) is 2.22. The maximum absolute atomic E-state index is 13.0. The van der Waals surface area contributed by atoms with Crippen molar-refractivity contribution in [2.45, 2.75) is 38.8 Å². The van der Waals surface area contributed by atoms with E-state index in [1.807, 2.05) is 0 Å². The molecule has 1 fully saturated rings. The van der Waals surface area contributed by atoms with Crippen LogP contribution in [0.1, 0.15) is 26.7 Å². The zero-order valence-electron chi connectivity index (χ0n) is 9.74. The third-order valence-corrected chi connectivity index (χ3v) is 3.89. The van der Waals surface area contributed by atoms with Crippen molar-refractivity contribution in [3.05, 3.63) is 30.1 Å². The van der Waals surface area contributed by atoms with Gasteiger partial charge in [0.1, 0.15) is 17.7 Å². The summed E-state index contributed by atoms with van der Waals surface area (Å²) in [5.74, 6) is 0.330. The van der Waals surface area contributed by atoms with E-state index >= 15 is 0 Å². The minimum Gasteiger partial charge on any atom is -0.490 e. The van der Waals surface area contributed by atoms with Crippen molar-refractivity contribution in [2.24, 2.45) is 11.1 Å². The van der Waals surface area contributed by atoms with Gasteiger partial charge in [-0.05, 0) is 18.6 Å². The van der Waals surface area contributed by atoms with E-state index < -0.39 is 0 Å². The monoisotopic (exact) mass is 223 g/mol. The minimum absolute atomic E-state index is 0.0202. The molecule has 0 spiro atoms. The Bertz CT molecular complexity index is 382. The van der Waals surface area contributed by atoms with Crippen molar-refractivity contribution in [2.75, 3.05) is 0 Å². The maximum atomic E-state index is 13.0. The molecular formula is C13H18FNO. The first-order valence-corrected chi connectivity index (χ1v) is 5.74. The van der Waals surface area contributed by atoms with E-state index in [2.05, 4.69) is 13.8 Å². The second-order valence-electron chi connectivity index (χ2n) is 4.77. The highest BCUT2D eigenvalue weighted by Gasteiger charge is 2.50. The lowest BCUT2D eigenvalue weighted by atomic mass is 9.62. The van der Waals surface area contributed by atoms with Gasteiger partial charge in [0.05, 0.1) is 0 Å². The van der Waals surface area contributed by atoms with Gasteiger partial charge in [-0.1, -0.05) is 19.9 Å². The molecule has 1 aliphatic carbocycles. The average molecular weight is 223 g/mol. The Morgan fingerprint density at radius 3 is 2.88 bits per heavy atom. The van der Waals surface area contributed by atoms with Crippen molar-refractivity contribution in [3.63, 3.8) is 0 Å². The lowest BCUT2D eigenvalue weighted by Crippen LogP contribution is -2.61. The van der Waals surface area contributed by atoms with Crippen LogP contribution in [0.4, 0.5) is 4.39 Å². The van der Waals surface area contributed by atoms with Crippen LogP contribution in [0.3, 0.4) is 0 Å². The summed E-state index contributed by atoms with van der Waals surface area (Å²) >= 11 is 0. The van der Waals surface area contributed by atoms with Gasteiger partial charge in [0.25, 0.3) is 0 Å². The summed E-state index contributed by atoms with van der Waals surface area (Å²) in [5.41, 5.74) is 6.01. The molecule has 3 atom stereocenters. The van der Waals surface area contributed by atoms with Gasteiger partial charge in [0.15, 0.2) is 0 Å². The summed E-state index contributed by atoms with van der Waals surface area (Å²) in [4.78, 5) is 0. The van der Waals surface area contributed by atoms with E-state index in [1.54, 1.807) is 12.1 Å². The summed E-state index contributed by atoms with van der Waals surface area (Å²) in [6.45, 7) is 4.24. The molecule has 0 aromatic heterocycles. The van der Waals surface area contributed by atoms with Gasteiger partial charge >= 0.3 is 0 Å². The van der Waals surface area contributed by atoms with Crippen molar-refractivity contribution in [1.29, 1.82) is 0 Å². The molecule has 0 radical (unpaired) electrons. The predicted molar refractivity (Wildman–Crippen MR) is 61.8 cm³/mol. The second kappa shape index (κ2) is 4.06. The van der Waals surface area contributed by atoms with Gasteiger partial charge in [-0.2, -0.15) is 0 Å². The van der Waals surface area contributed by atoms with Crippen molar-refractivity contribution in [3.8, 4) is 5.75 Å². The quantitative estimate of drug-likeness (QED) is 0.855. The lowest BCUT2D eigenvalue weighted by molar-refractivity contribution is -0.0561. The largest absolute Gasteiger partial charge is 0.490 e. The summed E-state index contributed by atoms with van der Waals surface area (Å²) in [7, 11) is 0. The molecule has 2 nitrogen and oxygen atoms in total. The molecule has 1 aromatic rings. The highest BCUT2D eigenvalue weighted by Crippen LogP contribution is 2.44. The molecule has 2 N–H and O–H groups in total. The van der Waals surface area contributed by atoms with E-state index in [0.717, 1.165) is 12.8 Å². The van der Waals surface area contributed by atoms with Crippen LogP contribution in [0, 0.1) is 11.2 Å². The van der Waals surface area contributed by atoms with Gasteiger partial charge in [-0.25, -0.2) is 4.39 Å². The molecule has 16 heavy (non-hydrogen) atoms. The molecule has 0 heterocycles. The van der Waals surface area contributed by atoms with Gasteiger partial charge in [-0.15, -0.1) is 0 Å². The predicted octanol–water partition coefficient (Wildman–Crippen LogP) is 2.72. The zero-order chi connectivity index (χ0) is 11.8. The van der Waals surface area contributed by atoms with Crippen LogP contribution in [-0.4, -0.2) is 12.1 Å². The Hall–Kier alpha value is -1.09. The van der Waals surface area contributed by atoms with Crippen LogP contribution in [0.25, 0.3) is 0 Å². The Labute approximate surface area is 95.6 Å². The third kappa shape index (κ3) is 1.80. The van der Waals surface area contributed by atoms with E-state index in [4.69, 9.17) is 10.5 Å². The second-order valence-corrected chi connectivity index (χ2v) is 4.77. The van der Waals surface area contributed by atoms with Gasteiger partial charge in [0, 0.05) is 23.9 Å². The van der Waals surface area contributed by atoms with E-state index in [9.17, 15) is 4.39 Å². The van der Waals surface area contributed by atoms with Crippen LogP contribution in [0.15, 0.2) is 24.3 Å². The summed E-state index contributed by atoms with van der Waals surface area (Å²) < 4.78 is 18.8. The lowest BCUT2D eigenvalue weighted by Gasteiger charge is -2.51. The Kier molecular flexibility index (Phi) is 2.89. The highest BCUT2D eigenvalue weighted by molar-refractivity contribution is 5.24. The number of hydrogen-bond acceptors (Lipinski definition) is 2. The van der Waals surface area contributed by atoms with Crippen LogP contribution in [0.5, 0.6) is 5.75 Å². The minimum atomic E-state index is -0.265. The van der Waals surface area contributed by atoms with Crippen molar-refractivity contribution >= 4 is 0 Å². The molecule has 1 aromatic carbocycles. The third-order valence-electron chi connectivity index (χ3n) is 3.89. The standard InChI is InChI=1S/C13H18FNO/c1-3-13(2)11(15)8-12(13)16-10-6-4-5-9(14)7-10/h4-7,11-12H,3,8,15H2,1-2H3. The van der Waals surface area contributed by atoms with Crippen LogP contribution >= 0.6 is 0 Å². The van der Waals surface area contributed by atoms with E-state index in [-0.39, 0.29) is 23.4 Å². The van der Waals surface area contributed by atoms with E-state index in [1.165, 1.54) is 12.1 Å². The smallest absolute Gasteiger partial charge is 0.126 e. The molecule has 88 valence electrons. The summed E-state index contributed by atoms with van der Waals surface area (Å²) in [6.07, 6.45) is 1.93. The van der Waals surface area contributed by atoms with E-state index in [0.29, 0.717) is 5.75 Å². The fraction of sp³-hybridized carbons (Fsp3) is 0.538. The Morgan fingerprint density at radius 1 is 1.56 bits per heavy atom. The molecule has 1 saturated carbocycles. The molecule has 3 heteroatoms. The first-order valence-electron chi connectivity index (χ1n) is 5.74. The molecule has 0 bridgehead atoms. The topological polar surface area (TPSA) is 35.2 Å². The van der Waals surface area contributed by atoms with Gasteiger partial charge in [0.2, 0.25) is 0 Å². The summed E-state index contributed by atoms with van der Waals surface area (Å²) in [5, 5.41) is 0. The maximum Gasteiger partial charge on any atom is 0.126 e. The highest BCUT2D eigenvalue weighted by atomic mass is 19.1. The number of nitrogens with two attached hydrogens (primary N) is 1. The van der Waals surface area contributed by atoms with Crippen molar-refractivity contribution < 1.29 is 9.13 Å². The van der Waals surface area contributed by atoms with Gasteiger partial charge < -0.3 is 10.5 Å². The molecule has 0 saturated heterocycles. The molecule has 0 amide bonds. The molecule has 2 rings (SSSR count). The number of halogens is 1. The number of benzene rings is 1. The van der Waals surface area contributed by atoms with Crippen LogP contribution in [-0.2, 0) is 0 Å². The Morgan fingerprint density at radius 2 is 2.31 bits per heavy atom. The molecule has 0 aliphatic heterocycles. The normalized spacial score (nSPS) is 33.2. The first-order chi connectivity index (χ1) is 7.56.